The van der Waals surface area contributed by atoms with Crippen LogP contribution in [0.5, 0.6) is 5.75 Å². The van der Waals surface area contributed by atoms with Crippen LogP contribution in [0.3, 0.4) is 0 Å². The van der Waals surface area contributed by atoms with Gasteiger partial charge in [-0.1, -0.05) is 23.7 Å². The van der Waals surface area contributed by atoms with Crippen LogP contribution in [0.25, 0.3) is 0 Å². The minimum absolute atomic E-state index is 0.0200. The number of nitrogens with one attached hydrogen (secondary N) is 1. The topological polar surface area (TPSA) is 58.6 Å². The van der Waals surface area contributed by atoms with E-state index in [1.807, 2.05) is 20.8 Å². The third-order valence-corrected chi connectivity index (χ3v) is 4.69. The Bertz CT molecular complexity index is 864. The Kier molecular flexibility index (Phi) is 4.92. The van der Waals surface area contributed by atoms with Crippen molar-refractivity contribution >= 4 is 34.8 Å². The lowest BCUT2D eigenvalue weighted by Crippen LogP contribution is -2.42. The van der Waals surface area contributed by atoms with E-state index in [1.54, 1.807) is 47.4 Å². The van der Waals surface area contributed by atoms with Crippen molar-refractivity contribution in [2.45, 2.75) is 20.8 Å². The number of amides is 2. The summed E-state index contributed by atoms with van der Waals surface area (Å²) in [5.74, 6) is 0.294. The summed E-state index contributed by atoms with van der Waals surface area (Å²) >= 11 is 6.08. The Balaban J connectivity index is 1.90. The molecule has 2 aromatic carbocycles. The number of halogens is 1. The molecule has 2 aromatic rings. The fourth-order valence-corrected chi connectivity index (χ4v) is 3.10. The monoisotopic (exact) mass is 372 g/mol. The first-order valence-corrected chi connectivity index (χ1v) is 8.86. The minimum Gasteiger partial charge on any atom is -0.490 e. The van der Waals surface area contributed by atoms with Crippen molar-refractivity contribution in [3.05, 3.63) is 53.1 Å². The molecule has 1 aliphatic heterocycles. The Hall–Kier alpha value is -2.53. The van der Waals surface area contributed by atoms with Crippen LogP contribution in [0.2, 0.25) is 5.02 Å². The van der Waals surface area contributed by atoms with E-state index >= 15 is 0 Å². The van der Waals surface area contributed by atoms with E-state index in [2.05, 4.69) is 5.32 Å². The van der Waals surface area contributed by atoms with E-state index < -0.39 is 5.41 Å². The lowest BCUT2D eigenvalue weighted by molar-refractivity contribution is -0.127. The van der Waals surface area contributed by atoms with Crippen molar-refractivity contribution < 1.29 is 14.3 Å². The van der Waals surface area contributed by atoms with Gasteiger partial charge >= 0.3 is 0 Å². The second-order valence-corrected chi connectivity index (χ2v) is 7.25. The average molecular weight is 373 g/mol. The third-order valence-electron chi connectivity index (χ3n) is 4.36. The highest BCUT2D eigenvalue weighted by Crippen LogP contribution is 2.38. The molecule has 1 N–H and O–H groups in total. The SMILES string of the molecule is CCN1C(=O)C(C)(C)COc2cc(NC(=O)c3ccccc3Cl)ccc21. The quantitative estimate of drug-likeness (QED) is 0.870. The molecule has 0 spiro atoms. The number of hydrogen-bond acceptors (Lipinski definition) is 3. The normalized spacial score (nSPS) is 15.7. The Morgan fingerprint density at radius 1 is 1.27 bits per heavy atom. The molecular weight excluding hydrogens is 352 g/mol. The molecular formula is C20H21ClN2O3. The van der Waals surface area contributed by atoms with Crippen molar-refractivity contribution in [3.8, 4) is 5.75 Å². The minimum atomic E-state index is -0.615. The number of carbonyl (C=O) groups excluding carboxylic acids is 2. The summed E-state index contributed by atoms with van der Waals surface area (Å²) in [5, 5.41) is 3.22. The summed E-state index contributed by atoms with van der Waals surface area (Å²) in [4.78, 5) is 26.9. The van der Waals surface area contributed by atoms with E-state index in [4.69, 9.17) is 16.3 Å². The molecule has 0 radical (unpaired) electrons. The van der Waals surface area contributed by atoms with E-state index in [0.29, 0.717) is 34.3 Å². The van der Waals surface area contributed by atoms with Crippen LogP contribution in [-0.2, 0) is 4.79 Å². The smallest absolute Gasteiger partial charge is 0.257 e. The molecule has 6 heteroatoms. The lowest BCUT2D eigenvalue weighted by Gasteiger charge is -2.26. The number of hydrogen-bond donors (Lipinski definition) is 1. The summed E-state index contributed by atoms with van der Waals surface area (Å²) in [5.41, 5.74) is 1.07. The Morgan fingerprint density at radius 3 is 2.69 bits per heavy atom. The molecule has 0 atom stereocenters. The molecule has 2 amide bonds. The second kappa shape index (κ2) is 7.00. The van der Waals surface area contributed by atoms with Gasteiger partial charge in [0.15, 0.2) is 0 Å². The third kappa shape index (κ3) is 3.40. The second-order valence-electron chi connectivity index (χ2n) is 6.84. The van der Waals surface area contributed by atoms with E-state index in [0.717, 1.165) is 0 Å². The van der Waals surface area contributed by atoms with E-state index in [-0.39, 0.29) is 18.4 Å². The molecule has 0 unspecified atom stereocenters. The summed E-state index contributed by atoms with van der Waals surface area (Å²) in [6.07, 6.45) is 0. The van der Waals surface area contributed by atoms with Gasteiger partial charge in [-0.25, -0.2) is 0 Å². The van der Waals surface area contributed by atoms with Crippen molar-refractivity contribution in [1.29, 1.82) is 0 Å². The number of anilines is 2. The molecule has 0 fully saturated rings. The van der Waals surface area contributed by atoms with Crippen LogP contribution in [0.4, 0.5) is 11.4 Å². The van der Waals surface area contributed by atoms with Crippen LogP contribution >= 0.6 is 11.6 Å². The van der Waals surface area contributed by atoms with Crippen LogP contribution in [0.15, 0.2) is 42.5 Å². The number of fused-ring (bicyclic) bond motifs is 1. The number of nitrogens with zero attached hydrogens (tertiary/aromatic N) is 1. The number of carbonyl (C=O) groups is 2. The zero-order valence-corrected chi connectivity index (χ0v) is 15.8. The van der Waals surface area contributed by atoms with Crippen LogP contribution in [-0.4, -0.2) is 25.0 Å². The maximum atomic E-state index is 12.7. The van der Waals surface area contributed by atoms with E-state index in [9.17, 15) is 9.59 Å². The van der Waals surface area contributed by atoms with Gasteiger partial charge in [0.1, 0.15) is 12.4 Å². The molecule has 0 aliphatic carbocycles. The highest BCUT2D eigenvalue weighted by atomic mass is 35.5. The van der Waals surface area contributed by atoms with Gasteiger partial charge in [0.05, 0.1) is 21.7 Å². The fraction of sp³-hybridized carbons (Fsp3) is 0.300. The molecule has 1 aliphatic rings. The van der Waals surface area contributed by atoms with Gasteiger partial charge in [-0.3, -0.25) is 9.59 Å². The first kappa shape index (κ1) is 18.3. The standard InChI is InChI=1S/C20H21ClN2O3/c1-4-23-16-10-9-13(11-17(16)26-12-20(2,3)19(23)25)22-18(24)14-7-5-6-8-15(14)21/h5-11H,4,12H2,1-3H3,(H,22,24). The van der Waals surface area contributed by atoms with Gasteiger partial charge in [0, 0.05) is 18.3 Å². The predicted molar refractivity (Wildman–Crippen MR) is 103 cm³/mol. The van der Waals surface area contributed by atoms with Crippen molar-refractivity contribution in [2.24, 2.45) is 5.41 Å². The molecule has 3 rings (SSSR count). The highest BCUT2D eigenvalue weighted by Gasteiger charge is 2.37. The zero-order chi connectivity index (χ0) is 18.9. The summed E-state index contributed by atoms with van der Waals surface area (Å²) < 4.78 is 5.88. The first-order valence-electron chi connectivity index (χ1n) is 8.48. The number of rotatable bonds is 3. The molecule has 0 aromatic heterocycles. The molecule has 136 valence electrons. The first-order chi connectivity index (χ1) is 12.3. The lowest BCUT2D eigenvalue weighted by atomic mass is 9.93. The highest BCUT2D eigenvalue weighted by molar-refractivity contribution is 6.34. The molecule has 26 heavy (non-hydrogen) atoms. The summed E-state index contributed by atoms with van der Waals surface area (Å²) in [7, 11) is 0. The van der Waals surface area contributed by atoms with Gasteiger partial charge in [0.2, 0.25) is 5.91 Å². The molecule has 0 bridgehead atoms. The van der Waals surface area contributed by atoms with Crippen LogP contribution < -0.4 is 15.0 Å². The number of ether oxygens (including phenoxy) is 1. The molecule has 0 saturated carbocycles. The van der Waals surface area contributed by atoms with Gasteiger partial charge in [-0.15, -0.1) is 0 Å². The van der Waals surface area contributed by atoms with Gasteiger partial charge in [0.25, 0.3) is 5.91 Å². The fourth-order valence-electron chi connectivity index (χ4n) is 2.88. The maximum absolute atomic E-state index is 12.7. The molecule has 5 nitrogen and oxygen atoms in total. The number of benzene rings is 2. The van der Waals surface area contributed by atoms with Crippen molar-refractivity contribution in [3.63, 3.8) is 0 Å². The summed E-state index contributed by atoms with van der Waals surface area (Å²) in [6.45, 7) is 6.48. The average Bonchev–Trinajstić information content (AvgIpc) is 2.70. The van der Waals surface area contributed by atoms with Crippen molar-refractivity contribution in [1.82, 2.24) is 0 Å². The maximum Gasteiger partial charge on any atom is 0.257 e. The molecule has 0 saturated heterocycles. The van der Waals surface area contributed by atoms with E-state index in [1.165, 1.54) is 0 Å². The van der Waals surface area contributed by atoms with Crippen molar-refractivity contribution in [2.75, 3.05) is 23.4 Å². The van der Waals surface area contributed by atoms with Crippen LogP contribution in [0, 0.1) is 5.41 Å². The van der Waals surface area contributed by atoms with Crippen LogP contribution in [0.1, 0.15) is 31.1 Å². The Morgan fingerprint density at radius 2 is 2.00 bits per heavy atom. The van der Waals surface area contributed by atoms with Gasteiger partial charge in [-0.05, 0) is 45.0 Å². The van der Waals surface area contributed by atoms with Gasteiger partial charge in [-0.2, -0.15) is 0 Å². The zero-order valence-electron chi connectivity index (χ0n) is 15.0. The largest absolute Gasteiger partial charge is 0.490 e. The summed E-state index contributed by atoms with van der Waals surface area (Å²) in [6, 6.07) is 12.1. The van der Waals surface area contributed by atoms with Gasteiger partial charge < -0.3 is 15.0 Å². The molecule has 1 heterocycles. The predicted octanol–water partition coefficient (Wildman–Crippen LogP) is 4.36. The Labute approximate surface area is 157 Å².